The van der Waals surface area contributed by atoms with Gasteiger partial charge in [-0.25, -0.2) is 4.98 Å². The molecule has 25 heavy (non-hydrogen) atoms. The molecule has 1 saturated heterocycles. The molecule has 1 atom stereocenters. The van der Waals surface area contributed by atoms with Crippen LogP contribution in [0.1, 0.15) is 30.5 Å². The van der Waals surface area contributed by atoms with Crippen LogP contribution in [-0.2, 0) is 17.4 Å². The number of piperidine rings is 1. The number of hydrogen-bond acceptors (Lipinski definition) is 4. The minimum atomic E-state index is -4.40. The van der Waals surface area contributed by atoms with Crippen molar-refractivity contribution in [1.29, 1.82) is 0 Å². The molecule has 1 aromatic rings. The third kappa shape index (κ3) is 7.34. The highest BCUT2D eigenvalue weighted by molar-refractivity contribution is 14.0. The summed E-state index contributed by atoms with van der Waals surface area (Å²) in [5.41, 5.74) is -0.852. The van der Waals surface area contributed by atoms with E-state index in [-0.39, 0.29) is 35.9 Å². The molecule has 2 heterocycles. The van der Waals surface area contributed by atoms with Crippen molar-refractivity contribution in [2.24, 2.45) is 4.99 Å². The number of carbonyl (C=O) groups excluding carboxylic acids is 1. The Balaban J connectivity index is 0.00000312. The van der Waals surface area contributed by atoms with Crippen LogP contribution in [0.15, 0.2) is 10.4 Å². The maximum absolute atomic E-state index is 12.5. The first-order valence-electron chi connectivity index (χ1n) is 7.71. The molecule has 1 amide bonds. The Bertz CT molecular complexity index is 583. The van der Waals surface area contributed by atoms with Gasteiger partial charge in [-0.05, 0) is 13.3 Å². The fourth-order valence-corrected chi connectivity index (χ4v) is 2.98. The van der Waals surface area contributed by atoms with E-state index in [1.54, 1.807) is 0 Å². The maximum atomic E-state index is 12.5. The van der Waals surface area contributed by atoms with E-state index < -0.39 is 11.9 Å². The predicted octanol–water partition coefficient (Wildman–Crippen LogP) is 2.16. The average molecular weight is 491 g/mol. The third-order valence-electron chi connectivity index (χ3n) is 3.39. The van der Waals surface area contributed by atoms with Gasteiger partial charge in [-0.15, -0.1) is 35.3 Å². The van der Waals surface area contributed by atoms with Gasteiger partial charge in [0.1, 0.15) is 0 Å². The standard InChI is InChI=1S/C14H20F3N5OS.HI/c1-2-18-13(21-9-3-4-11(23)20-7-9)19-6-5-12-22-10(8-24-12)14(15,16)17;/h8-9H,2-7H2,1H3,(H,20,23)(H2,18,19,21);1H. The van der Waals surface area contributed by atoms with Crippen LogP contribution >= 0.6 is 35.3 Å². The number of halogens is 4. The summed E-state index contributed by atoms with van der Waals surface area (Å²) >= 11 is 0.989. The van der Waals surface area contributed by atoms with E-state index in [0.29, 0.717) is 43.4 Å². The number of aliphatic imine (C=N–C) groups is 1. The van der Waals surface area contributed by atoms with Gasteiger partial charge < -0.3 is 16.0 Å². The lowest BCUT2D eigenvalue weighted by Gasteiger charge is -2.25. The summed E-state index contributed by atoms with van der Waals surface area (Å²) in [7, 11) is 0. The SMILES string of the molecule is CCNC(=NCCc1nc(C(F)(F)F)cs1)NC1CCC(=O)NC1.I. The van der Waals surface area contributed by atoms with Crippen LogP contribution in [0.5, 0.6) is 0 Å². The number of nitrogens with zero attached hydrogens (tertiary/aromatic N) is 2. The number of guanidine groups is 1. The molecule has 0 spiro atoms. The Morgan fingerprint density at radius 3 is 2.84 bits per heavy atom. The molecule has 3 N–H and O–H groups in total. The second-order valence-electron chi connectivity index (χ2n) is 5.32. The van der Waals surface area contributed by atoms with E-state index in [2.05, 4.69) is 25.9 Å². The molecule has 1 aromatic heterocycles. The average Bonchev–Trinajstić information content (AvgIpc) is 2.99. The van der Waals surface area contributed by atoms with Gasteiger partial charge in [-0.3, -0.25) is 9.79 Å². The molecule has 142 valence electrons. The molecule has 0 saturated carbocycles. The number of thiazole rings is 1. The van der Waals surface area contributed by atoms with E-state index in [1.165, 1.54) is 0 Å². The third-order valence-corrected chi connectivity index (χ3v) is 4.30. The van der Waals surface area contributed by atoms with E-state index in [4.69, 9.17) is 0 Å². The van der Waals surface area contributed by atoms with Gasteiger partial charge in [0.25, 0.3) is 0 Å². The van der Waals surface area contributed by atoms with Gasteiger partial charge in [0.15, 0.2) is 11.7 Å². The number of aromatic nitrogens is 1. The summed E-state index contributed by atoms with van der Waals surface area (Å²) in [5, 5.41) is 10.5. The molecule has 0 radical (unpaired) electrons. The van der Waals surface area contributed by atoms with Crippen molar-refractivity contribution in [2.45, 2.75) is 38.4 Å². The molecule has 6 nitrogen and oxygen atoms in total. The van der Waals surface area contributed by atoms with Crippen LogP contribution in [0.2, 0.25) is 0 Å². The lowest BCUT2D eigenvalue weighted by molar-refractivity contribution is -0.140. The zero-order valence-corrected chi connectivity index (χ0v) is 16.8. The number of hydrogen-bond donors (Lipinski definition) is 3. The van der Waals surface area contributed by atoms with Crippen LogP contribution in [0.25, 0.3) is 0 Å². The monoisotopic (exact) mass is 491 g/mol. The molecule has 1 fully saturated rings. The first-order chi connectivity index (χ1) is 11.4. The van der Waals surface area contributed by atoms with Crippen molar-refractivity contribution in [1.82, 2.24) is 20.9 Å². The number of alkyl halides is 3. The second-order valence-corrected chi connectivity index (χ2v) is 6.26. The summed E-state index contributed by atoms with van der Waals surface area (Å²) in [6, 6.07) is 0.0946. The van der Waals surface area contributed by atoms with Crippen LogP contribution in [0.4, 0.5) is 13.2 Å². The van der Waals surface area contributed by atoms with Gasteiger partial charge >= 0.3 is 6.18 Å². The van der Waals surface area contributed by atoms with Crippen molar-refractivity contribution in [3.05, 3.63) is 16.1 Å². The Morgan fingerprint density at radius 1 is 1.52 bits per heavy atom. The summed E-state index contributed by atoms with van der Waals surface area (Å²) in [4.78, 5) is 19.1. The summed E-state index contributed by atoms with van der Waals surface area (Å²) in [6.07, 6.45) is -2.87. The molecular weight excluding hydrogens is 470 g/mol. The molecule has 1 aliphatic rings. The molecule has 0 bridgehead atoms. The van der Waals surface area contributed by atoms with Gasteiger partial charge in [0.2, 0.25) is 5.91 Å². The second kappa shape index (κ2) is 10.1. The molecule has 0 aromatic carbocycles. The minimum absolute atomic E-state index is 0. The summed E-state index contributed by atoms with van der Waals surface area (Å²) < 4.78 is 37.5. The van der Waals surface area contributed by atoms with Crippen molar-refractivity contribution >= 4 is 47.2 Å². The molecule has 1 unspecified atom stereocenters. The number of rotatable bonds is 5. The fourth-order valence-electron chi connectivity index (χ4n) is 2.19. The van der Waals surface area contributed by atoms with Gasteiger partial charge in [-0.1, -0.05) is 0 Å². The van der Waals surface area contributed by atoms with Gasteiger partial charge in [-0.2, -0.15) is 13.2 Å². The molecule has 2 rings (SSSR count). The van der Waals surface area contributed by atoms with Crippen LogP contribution in [-0.4, -0.2) is 42.5 Å². The van der Waals surface area contributed by atoms with Crippen LogP contribution < -0.4 is 16.0 Å². The van der Waals surface area contributed by atoms with E-state index >= 15 is 0 Å². The zero-order chi connectivity index (χ0) is 17.6. The highest BCUT2D eigenvalue weighted by Gasteiger charge is 2.33. The van der Waals surface area contributed by atoms with E-state index in [9.17, 15) is 18.0 Å². The van der Waals surface area contributed by atoms with Gasteiger partial charge in [0.05, 0.1) is 5.01 Å². The lowest BCUT2D eigenvalue weighted by Crippen LogP contribution is -2.51. The first kappa shape index (κ1) is 21.9. The molecule has 1 aliphatic heterocycles. The fraction of sp³-hybridized carbons (Fsp3) is 0.643. The highest BCUT2D eigenvalue weighted by Crippen LogP contribution is 2.30. The minimum Gasteiger partial charge on any atom is -0.357 e. The quantitative estimate of drug-likeness (QED) is 0.335. The van der Waals surface area contributed by atoms with Gasteiger partial charge in [0, 0.05) is 43.9 Å². The van der Waals surface area contributed by atoms with Crippen LogP contribution in [0, 0.1) is 0 Å². The maximum Gasteiger partial charge on any atom is 0.434 e. The Labute approximate surface area is 165 Å². The Hall–Kier alpha value is -1.11. The largest absolute Gasteiger partial charge is 0.434 e. The zero-order valence-electron chi connectivity index (χ0n) is 13.7. The van der Waals surface area contributed by atoms with E-state index in [0.717, 1.165) is 23.1 Å². The highest BCUT2D eigenvalue weighted by atomic mass is 127. The Kier molecular flexibility index (Phi) is 8.89. The van der Waals surface area contributed by atoms with Crippen LogP contribution in [0.3, 0.4) is 0 Å². The van der Waals surface area contributed by atoms with Crippen molar-refractivity contribution in [2.75, 3.05) is 19.6 Å². The van der Waals surface area contributed by atoms with Crippen molar-refractivity contribution in [3.8, 4) is 0 Å². The lowest BCUT2D eigenvalue weighted by atomic mass is 10.1. The molecule has 11 heteroatoms. The predicted molar refractivity (Wildman–Crippen MR) is 101 cm³/mol. The number of amides is 1. The molecule has 0 aliphatic carbocycles. The number of carbonyl (C=O) groups is 1. The van der Waals surface area contributed by atoms with E-state index in [1.807, 2.05) is 6.92 Å². The Morgan fingerprint density at radius 2 is 2.28 bits per heavy atom. The summed E-state index contributed by atoms with van der Waals surface area (Å²) in [5.74, 6) is 0.630. The summed E-state index contributed by atoms with van der Waals surface area (Å²) in [6.45, 7) is 3.46. The first-order valence-corrected chi connectivity index (χ1v) is 8.59. The van der Waals surface area contributed by atoms with Crippen molar-refractivity contribution in [3.63, 3.8) is 0 Å². The number of nitrogens with one attached hydrogen (secondary N) is 3. The molecular formula is C14H21F3IN5OS. The van der Waals surface area contributed by atoms with Crippen molar-refractivity contribution < 1.29 is 18.0 Å². The smallest absolute Gasteiger partial charge is 0.357 e. The topological polar surface area (TPSA) is 78.4 Å². The normalized spacial score (nSPS) is 18.3.